The Morgan fingerprint density at radius 3 is 1.95 bits per heavy atom. The van der Waals surface area contributed by atoms with E-state index < -0.39 is 0 Å². The summed E-state index contributed by atoms with van der Waals surface area (Å²) < 4.78 is 16.3. The lowest BCUT2D eigenvalue weighted by atomic mass is 9.88. The first kappa shape index (κ1) is 25.3. The number of hydrogen-bond acceptors (Lipinski definition) is 5. The molecule has 0 aromatic heterocycles. The smallest absolute Gasteiger partial charge is 0.312 e. The topological polar surface area (TPSA) is 68.5 Å². The molecule has 0 atom stereocenters. The summed E-state index contributed by atoms with van der Waals surface area (Å²) in [6.07, 6.45) is 1.99. The molecule has 0 amide bonds. The zero-order chi connectivity index (χ0) is 26.0. The van der Waals surface area contributed by atoms with Crippen molar-refractivity contribution in [2.75, 3.05) is 14.2 Å². The van der Waals surface area contributed by atoms with Crippen molar-refractivity contribution in [1.29, 1.82) is 5.26 Å². The van der Waals surface area contributed by atoms with Crippen LogP contribution in [0.15, 0.2) is 103 Å². The van der Waals surface area contributed by atoms with Crippen LogP contribution in [0.5, 0.6) is 17.2 Å². The number of esters is 1. The van der Waals surface area contributed by atoms with Gasteiger partial charge >= 0.3 is 5.97 Å². The van der Waals surface area contributed by atoms with Gasteiger partial charge in [0.2, 0.25) is 0 Å². The number of rotatable bonds is 9. The van der Waals surface area contributed by atoms with Crippen molar-refractivity contribution in [1.82, 2.24) is 0 Å². The van der Waals surface area contributed by atoms with Crippen LogP contribution < -0.4 is 14.2 Å². The second-order valence-corrected chi connectivity index (χ2v) is 8.36. The molecular formula is C32H27NO4. The maximum Gasteiger partial charge on any atom is 0.312 e. The van der Waals surface area contributed by atoms with Gasteiger partial charge in [0.05, 0.1) is 32.3 Å². The minimum absolute atomic E-state index is 0.100. The number of hydrogen-bond donors (Lipinski definition) is 0. The molecule has 0 aliphatic carbocycles. The summed E-state index contributed by atoms with van der Waals surface area (Å²) in [6, 6.07) is 34.6. The van der Waals surface area contributed by atoms with Crippen molar-refractivity contribution in [3.05, 3.63) is 125 Å². The first-order valence-electron chi connectivity index (χ1n) is 11.9. The van der Waals surface area contributed by atoms with E-state index >= 15 is 0 Å². The van der Waals surface area contributed by atoms with Gasteiger partial charge in [-0.05, 0) is 58.7 Å². The van der Waals surface area contributed by atoms with Crippen LogP contribution >= 0.6 is 0 Å². The summed E-state index contributed by atoms with van der Waals surface area (Å²) in [5, 5.41) is 9.72. The van der Waals surface area contributed by atoms with E-state index in [1.807, 2.05) is 78.9 Å². The van der Waals surface area contributed by atoms with Crippen molar-refractivity contribution in [2.45, 2.75) is 12.3 Å². The Hall–Kier alpha value is -4.82. The van der Waals surface area contributed by atoms with E-state index in [1.54, 1.807) is 44.6 Å². The maximum absolute atomic E-state index is 12.9. The molecular weight excluding hydrogens is 462 g/mol. The summed E-state index contributed by atoms with van der Waals surface area (Å²) in [5.74, 6) is 1.18. The minimum atomic E-state index is -0.316. The Bertz CT molecular complexity index is 1370. The summed E-state index contributed by atoms with van der Waals surface area (Å²) in [7, 11) is 3.12. The maximum atomic E-state index is 12.9. The summed E-state index contributed by atoms with van der Waals surface area (Å²) >= 11 is 0. The molecule has 0 bridgehead atoms. The van der Waals surface area contributed by atoms with E-state index in [2.05, 4.69) is 6.07 Å². The predicted molar refractivity (Wildman–Crippen MR) is 144 cm³/mol. The van der Waals surface area contributed by atoms with Crippen LogP contribution in [0.3, 0.4) is 0 Å². The van der Waals surface area contributed by atoms with Crippen LogP contribution in [0.2, 0.25) is 0 Å². The molecule has 184 valence electrons. The van der Waals surface area contributed by atoms with Gasteiger partial charge in [-0.1, -0.05) is 72.8 Å². The molecule has 0 aliphatic rings. The SMILES string of the molecule is COc1ccc(/C(C#N)=C\c2ccc(OC(=O)CC(c3ccccc3)c3ccccc3)cc2)cc1OC. The quantitative estimate of drug-likeness (QED) is 0.111. The first-order valence-corrected chi connectivity index (χ1v) is 11.9. The third kappa shape index (κ3) is 6.45. The summed E-state index contributed by atoms with van der Waals surface area (Å²) in [6.45, 7) is 0. The van der Waals surface area contributed by atoms with Crippen LogP contribution in [0, 0.1) is 11.3 Å². The van der Waals surface area contributed by atoms with Gasteiger partial charge < -0.3 is 14.2 Å². The number of benzene rings is 4. The fourth-order valence-corrected chi connectivity index (χ4v) is 4.12. The Balaban J connectivity index is 1.48. The van der Waals surface area contributed by atoms with Crippen LogP contribution in [-0.2, 0) is 4.79 Å². The number of ether oxygens (including phenoxy) is 3. The lowest BCUT2D eigenvalue weighted by Crippen LogP contribution is -2.14. The molecule has 0 spiro atoms. The van der Waals surface area contributed by atoms with Crippen molar-refractivity contribution in [3.8, 4) is 23.3 Å². The Morgan fingerprint density at radius 2 is 1.41 bits per heavy atom. The molecule has 4 rings (SSSR count). The fraction of sp³-hybridized carbons (Fsp3) is 0.125. The van der Waals surface area contributed by atoms with Crippen molar-refractivity contribution < 1.29 is 19.0 Å². The monoisotopic (exact) mass is 489 g/mol. The average molecular weight is 490 g/mol. The number of carbonyl (C=O) groups excluding carboxylic acids is 1. The molecule has 5 heteroatoms. The van der Waals surface area contributed by atoms with Gasteiger partial charge in [0, 0.05) is 5.92 Å². The fourth-order valence-electron chi connectivity index (χ4n) is 4.12. The molecule has 0 saturated heterocycles. The molecule has 0 saturated carbocycles. The highest BCUT2D eigenvalue weighted by Crippen LogP contribution is 2.31. The molecule has 5 nitrogen and oxygen atoms in total. The molecule has 0 aliphatic heterocycles. The molecule has 0 heterocycles. The molecule has 37 heavy (non-hydrogen) atoms. The number of carbonyl (C=O) groups is 1. The predicted octanol–water partition coefficient (Wildman–Crippen LogP) is 6.90. The molecule has 4 aromatic rings. The van der Waals surface area contributed by atoms with Gasteiger partial charge in [0.1, 0.15) is 5.75 Å². The Labute approximate surface area is 217 Å². The van der Waals surface area contributed by atoms with E-state index in [0.717, 1.165) is 16.7 Å². The second kappa shape index (κ2) is 12.2. The zero-order valence-electron chi connectivity index (χ0n) is 20.8. The van der Waals surface area contributed by atoms with Gasteiger partial charge in [0.15, 0.2) is 11.5 Å². The van der Waals surface area contributed by atoms with Crippen molar-refractivity contribution >= 4 is 17.6 Å². The first-order chi connectivity index (χ1) is 18.1. The number of nitriles is 1. The highest BCUT2D eigenvalue weighted by atomic mass is 16.5. The van der Waals surface area contributed by atoms with Crippen molar-refractivity contribution in [2.24, 2.45) is 0 Å². The van der Waals surface area contributed by atoms with Crippen LogP contribution in [0.1, 0.15) is 34.6 Å². The molecule has 0 radical (unpaired) electrons. The minimum Gasteiger partial charge on any atom is -0.493 e. The lowest BCUT2D eigenvalue weighted by Gasteiger charge is -2.17. The molecule has 0 fully saturated rings. The van der Waals surface area contributed by atoms with Crippen LogP contribution in [-0.4, -0.2) is 20.2 Å². The van der Waals surface area contributed by atoms with Gasteiger partial charge in [-0.25, -0.2) is 0 Å². The largest absolute Gasteiger partial charge is 0.493 e. The number of methoxy groups -OCH3 is 2. The third-order valence-corrected chi connectivity index (χ3v) is 6.01. The standard InChI is InChI=1S/C32H27NO4/c1-35-30-18-15-26(20-31(30)36-2)27(22-33)19-23-13-16-28(17-14-23)37-32(34)21-29(24-9-5-3-6-10-24)25-11-7-4-8-12-25/h3-20,29H,21H2,1-2H3/b27-19-. The zero-order valence-corrected chi connectivity index (χ0v) is 20.8. The Morgan fingerprint density at radius 1 is 0.811 bits per heavy atom. The second-order valence-electron chi connectivity index (χ2n) is 8.36. The Kier molecular flexibility index (Phi) is 8.36. The highest BCUT2D eigenvalue weighted by molar-refractivity contribution is 5.90. The van der Waals surface area contributed by atoms with Gasteiger partial charge in [-0.15, -0.1) is 0 Å². The van der Waals surface area contributed by atoms with Gasteiger partial charge in [0.25, 0.3) is 0 Å². The van der Waals surface area contributed by atoms with Crippen molar-refractivity contribution in [3.63, 3.8) is 0 Å². The van der Waals surface area contributed by atoms with Crippen LogP contribution in [0.4, 0.5) is 0 Å². The molecule has 0 unspecified atom stereocenters. The van der Waals surface area contributed by atoms with E-state index in [-0.39, 0.29) is 18.3 Å². The van der Waals surface area contributed by atoms with Crippen LogP contribution in [0.25, 0.3) is 11.6 Å². The molecule has 0 N–H and O–H groups in total. The van der Waals surface area contributed by atoms with Gasteiger partial charge in [-0.2, -0.15) is 5.26 Å². The van der Waals surface area contributed by atoms with E-state index in [1.165, 1.54) is 0 Å². The molecule has 4 aromatic carbocycles. The average Bonchev–Trinajstić information content (AvgIpc) is 2.96. The van der Waals surface area contributed by atoms with E-state index in [4.69, 9.17) is 14.2 Å². The summed E-state index contributed by atoms with van der Waals surface area (Å²) in [4.78, 5) is 12.9. The number of allylic oxidation sites excluding steroid dienone is 1. The third-order valence-electron chi connectivity index (χ3n) is 6.01. The van der Waals surface area contributed by atoms with E-state index in [9.17, 15) is 10.1 Å². The summed E-state index contributed by atoms with van der Waals surface area (Å²) in [5.41, 5.74) is 4.11. The lowest BCUT2D eigenvalue weighted by molar-refractivity contribution is -0.134. The number of nitrogens with zero attached hydrogens (tertiary/aromatic N) is 1. The van der Waals surface area contributed by atoms with Gasteiger partial charge in [-0.3, -0.25) is 4.79 Å². The highest BCUT2D eigenvalue weighted by Gasteiger charge is 2.19. The van der Waals surface area contributed by atoms with E-state index in [0.29, 0.717) is 28.4 Å². The normalized spacial score (nSPS) is 11.0.